The number of rotatable bonds is 18. The van der Waals surface area contributed by atoms with Gasteiger partial charge in [-0.2, -0.15) is 0 Å². The number of aromatic hydroxyl groups is 6. The first-order chi connectivity index (χ1) is 52.4. The molecule has 602 valence electrons. The van der Waals surface area contributed by atoms with E-state index < -0.39 is 105 Å². The number of aliphatic hydroxyl groups excluding tert-OH is 8. The molecule has 4 aliphatic heterocycles. The van der Waals surface area contributed by atoms with Gasteiger partial charge in [0.2, 0.25) is 24.7 Å². The molecule has 16 atom stereocenters. The Morgan fingerprint density at radius 3 is 1.27 bits per heavy atom. The van der Waals surface area contributed by atoms with E-state index in [-0.39, 0.29) is 74.7 Å². The van der Waals surface area contributed by atoms with Crippen molar-refractivity contribution < 1.29 is 114 Å². The topological polar surface area (TPSA) is 398 Å². The summed E-state index contributed by atoms with van der Waals surface area (Å²) in [7, 11) is -1.82. The number of carbonyl (C=O) groups is 1. The number of ether oxygens (including phenoxy) is 7. The molecule has 0 aromatic heterocycles. The number of hydrogen-bond acceptors (Lipinski definition) is 24. The van der Waals surface area contributed by atoms with Crippen LogP contribution in [0.1, 0.15) is 111 Å². The summed E-state index contributed by atoms with van der Waals surface area (Å²) in [6.07, 6.45) is -2.30. The molecule has 4 saturated heterocycles. The second kappa shape index (κ2) is 41.5. The molecule has 4 heterocycles. The van der Waals surface area contributed by atoms with Crippen LogP contribution in [0.25, 0.3) is 36.5 Å². The van der Waals surface area contributed by atoms with E-state index in [0.29, 0.717) is 22.8 Å². The maximum atomic E-state index is 12.5. The Labute approximate surface area is 662 Å². The number of hydrogen-bond donors (Lipinski definition) is 15. The maximum Gasteiger partial charge on any atom is 0.338 e. The van der Waals surface area contributed by atoms with Gasteiger partial charge in [0.25, 0.3) is 0 Å². The Morgan fingerprint density at radius 2 is 0.910 bits per heavy atom. The third kappa shape index (κ3) is 26.9. The van der Waals surface area contributed by atoms with E-state index in [9.17, 15) is 71.2 Å². The van der Waals surface area contributed by atoms with Gasteiger partial charge < -0.3 is 114 Å². The molecule has 111 heavy (non-hydrogen) atoms. The van der Waals surface area contributed by atoms with Crippen LogP contribution in [0.15, 0.2) is 158 Å². The molecule has 28 heteroatoms. The molecule has 0 radical (unpaired) electrons. The monoisotopic (exact) mass is 1610 g/mol. The molecule has 15 N–H and O–H groups in total. The van der Waals surface area contributed by atoms with Gasteiger partial charge in [-0.3, -0.25) is 0 Å². The largest absolute Gasteiger partial charge is 0.544 e. The summed E-state index contributed by atoms with van der Waals surface area (Å²) in [6, 6.07) is 43.0. The van der Waals surface area contributed by atoms with Crippen LogP contribution in [-0.2, 0) is 23.7 Å². The van der Waals surface area contributed by atoms with Crippen LogP contribution in [-0.4, -0.2) is 201 Å². The predicted octanol–water partition coefficient (Wildman–Crippen LogP) is 12.8. The maximum absolute atomic E-state index is 12.5. The van der Waals surface area contributed by atoms with Gasteiger partial charge >= 0.3 is 5.97 Å². The molecule has 4 fully saturated rings. The normalized spacial score (nSPS) is 25.3. The first kappa shape index (κ1) is 89.9. The van der Waals surface area contributed by atoms with Gasteiger partial charge in [-0.05, 0) is 169 Å². The molecule has 7 aromatic carbocycles. The van der Waals surface area contributed by atoms with Crippen LogP contribution in [0.2, 0.25) is 18.1 Å². The minimum Gasteiger partial charge on any atom is -0.544 e. The SMILES string of the molecule is CC(C)(C)[Si](C)(C)Oc1ccc(/C=C/c2cc(O)cc(O)c2)cc1.CC1CCCO1.CCC1OC(C(=N)C(Cl)(Cl)Cl)C(OC(=O)c2ccccc2)C(C)C1C.OCC1OC(Oc2cc(/C=C/c3ccc(O)cc3)cc(OC3OC(CO)C(O)C(O)C3O)c2)C(O)C(O)C1O.Oc1ccc(/C=C/c2cc(O)cc(O)c2)cc1. The second-order valence-corrected chi connectivity index (χ2v) is 35.7. The van der Waals surface area contributed by atoms with Crippen molar-refractivity contribution in [1.82, 2.24) is 0 Å². The smallest absolute Gasteiger partial charge is 0.338 e. The van der Waals surface area contributed by atoms with E-state index in [1.165, 1.54) is 55.3 Å². The Hall–Kier alpha value is -8.29. The summed E-state index contributed by atoms with van der Waals surface area (Å²) in [6.45, 7) is 19.0. The fourth-order valence-electron chi connectivity index (χ4n) is 11.5. The molecule has 4 aliphatic rings. The Kier molecular flexibility index (Phi) is 33.6. The molecule has 24 nitrogen and oxygen atoms in total. The van der Waals surface area contributed by atoms with Gasteiger partial charge in [-0.25, -0.2) is 4.79 Å². The first-order valence-electron chi connectivity index (χ1n) is 36.1. The highest BCUT2D eigenvalue weighted by Gasteiger charge is 2.50. The van der Waals surface area contributed by atoms with Crippen molar-refractivity contribution in [2.24, 2.45) is 11.8 Å². The number of benzene rings is 7. The van der Waals surface area contributed by atoms with Gasteiger partial charge in [0.05, 0.1) is 36.7 Å². The lowest BCUT2D eigenvalue weighted by Crippen LogP contribution is -2.60. The molecule has 16 unspecified atom stereocenters. The lowest BCUT2D eigenvalue weighted by molar-refractivity contribution is -0.278. The Morgan fingerprint density at radius 1 is 0.505 bits per heavy atom. The van der Waals surface area contributed by atoms with Crippen molar-refractivity contribution in [3.63, 3.8) is 0 Å². The zero-order valence-corrected chi connectivity index (χ0v) is 66.3. The van der Waals surface area contributed by atoms with Crippen molar-refractivity contribution >= 4 is 91.3 Å². The molecule has 11 rings (SSSR count). The van der Waals surface area contributed by atoms with E-state index in [0.717, 1.165) is 41.0 Å². The quantitative estimate of drug-likeness (QED) is 0.0125. The number of aliphatic hydroxyl groups is 8. The van der Waals surface area contributed by atoms with Crippen molar-refractivity contribution in [2.75, 3.05) is 19.8 Å². The van der Waals surface area contributed by atoms with E-state index in [1.807, 2.05) is 69.3 Å². The van der Waals surface area contributed by atoms with Crippen LogP contribution in [0.5, 0.6) is 51.7 Å². The third-order valence-corrected chi connectivity index (χ3v) is 24.1. The van der Waals surface area contributed by atoms with Crippen molar-refractivity contribution in [1.29, 1.82) is 5.41 Å². The fourth-order valence-corrected chi connectivity index (χ4v) is 12.9. The van der Waals surface area contributed by atoms with Crippen molar-refractivity contribution in [3.8, 4) is 51.7 Å². The molecule has 0 aliphatic carbocycles. The van der Waals surface area contributed by atoms with Crippen LogP contribution >= 0.6 is 34.8 Å². The lowest BCUT2D eigenvalue weighted by Gasteiger charge is -2.45. The summed E-state index contributed by atoms with van der Waals surface area (Å²) < 4.78 is 43.5. The van der Waals surface area contributed by atoms with E-state index in [4.69, 9.17) is 82.9 Å². The molecule has 0 bridgehead atoms. The minimum absolute atomic E-state index is 0.0235. The number of phenols is 6. The van der Waals surface area contributed by atoms with E-state index >= 15 is 0 Å². The van der Waals surface area contributed by atoms with Gasteiger partial charge in [-0.15, -0.1) is 0 Å². The summed E-state index contributed by atoms with van der Waals surface area (Å²) >= 11 is 17.7. The van der Waals surface area contributed by atoms with Gasteiger partial charge in [0.15, 0.2) is 0 Å². The number of alkyl halides is 3. The second-order valence-electron chi connectivity index (χ2n) is 28.7. The summed E-state index contributed by atoms with van der Waals surface area (Å²) in [5, 5.41) is 144. The number of esters is 1. The zero-order valence-electron chi connectivity index (χ0n) is 63.0. The highest BCUT2D eigenvalue weighted by atomic mass is 35.6. The summed E-state index contributed by atoms with van der Waals surface area (Å²) in [5.74, 6) is 1.06. The average molecular weight is 1620 g/mol. The van der Waals surface area contributed by atoms with Gasteiger partial charge in [0.1, 0.15) is 113 Å². The van der Waals surface area contributed by atoms with Gasteiger partial charge in [-0.1, -0.05) is 167 Å². The number of carbonyl (C=O) groups excluding carboxylic acids is 1. The van der Waals surface area contributed by atoms with Crippen LogP contribution in [0.3, 0.4) is 0 Å². The van der Waals surface area contributed by atoms with E-state index in [1.54, 1.807) is 103 Å². The Bertz CT molecular complexity index is 4060. The Balaban J connectivity index is 0.000000208. The fraction of sp³-hybridized carbons (Fsp3) is 0.398. The van der Waals surface area contributed by atoms with Crippen LogP contribution < -0.4 is 13.9 Å². The van der Waals surface area contributed by atoms with E-state index in [2.05, 4.69) is 40.8 Å². The summed E-state index contributed by atoms with van der Waals surface area (Å²) in [4.78, 5) is 12.5. The molecule has 0 saturated carbocycles. The third-order valence-electron chi connectivity index (χ3n) is 19.2. The van der Waals surface area contributed by atoms with Crippen LogP contribution in [0.4, 0.5) is 0 Å². The highest BCUT2D eigenvalue weighted by molar-refractivity contribution is 6.77. The summed E-state index contributed by atoms with van der Waals surface area (Å²) in [5.41, 5.74) is 4.82. The van der Waals surface area contributed by atoms with Crippen LogP contribution in [0, 0.1) is 17.2 Å². The first-order valence-corrected chi connectivity index (χ1v) is 40.2. The lowest BCUT2D eigenvalue weighted by atomic mass is 9.79. The molecule has 0 amide bonds. The molecular weight excluding hydrogens is 1510 g/mol. The predicted molar refractivity (Wildman–Crippen MR) is 428 cm³/mol. The number of halogens is 3. The molecule has 7 aromatic rings. The van der Waals surface area contributed by atoms with Gasteiger partial charge in [0, 0.05) is 30.7 Å². The molecular formula is C83H102Cl3NO23Si. The molecule has 0 spiro atoms. The zero-order chi connectivity index (χ0) is 81.7. The average Bonchev–Trinajstić information content (AvgIpc) is 0.885. The number of nitrogens with one attached hydrogen (secondary N) is 1. The number of phenolic OH excluding ortho intramolecular Hbond substituents is 6. The van der Waals surface area contributed by atoms with Crippen molar-refractivity contribution in [3.05, 3.63) is 197 Å². The van der Waals surface area contributed by atoms with Crippen molar-refractivity contribution in [2.45, 2.75) is 175 Å². The minimum atomic E-state index is -1.92. The highest BCUT2D eigenvalue weighted by Crippen LogP contribution is 2.41. The standard InChI is InChI=1S/C26H32O13.C20H26O3Si.C18H22Cl3NO3.C14H12O3.C5H10O/c27-10-17-19(30)21(32)23(34)25(38-17)36-15-7-13(2-1-12-3-5-14(29)6-4-12)8-16(9-15)37-26-24(35)22(33)20(31)18(11-28)39-26;1-20(2,3)24(4,5)23-19-10-8-15(9-11-19)6-7-16-12-17(21)14-18(22)13-16;1-4-13-10(2)11(3)14(15(24-13)16(22)18(19,20)21)25-17(23)12-8-6-5-7-9-12;15-12-5-3-10(4-6-12)1-2-11-7-13(16)9-14(17)8-11;1-5-3-2-4-6-5/h1-9,17-35H,10-11H2;6-14,21-22H,1-5H3;5-11,13-15,22H,4H2,1-3H3;1-9,15-17H;5H,2-4H2,1H3/b2-1+;7-6+;;2-1+;.